The van der Waals surface area contributed by atoms with E-state index in [4.69, 9.17) is 4.55 Å². The van der Waals surface area contributed by atoms with Gasteiger partial charge in [-0.05, 0) is 25.2 Å². The molecule has 4 aliphatic carbocycles. The minimum atomic E-state index is -5.87. The van der Waals surface area contributed by atoms with Crippen LogP contribution in [-0.4, -0.2) is 35.6 Å². The largest absolute Gasteiger partial charge is 0.465 e. The quantitative estimate of drug-likeness (QED) is 0.597. The van der Waals surface area contributed by atoms with Gasteiger partial charge in [-0.1, -0.05) is 0 Å². The molecule has 4 fully saturated rings. The number of hydrogen-bond acceptors (Lipinski definition) is 5. The lowest BCUT2D eigenvalue weighted by Crippen LogP contribution is -2.45. The van der Waals surface area contributed by atoms with Crippen molar-refractivity contribution in [2.75, 3.05) is 0 Å². The van der Waals surface area contributed by atoms with Gasteiger partial charge in [-0.3, -0.25) is 9.35 Å². The number of Topliss-reactive ketones (excluding diaryl/α,β-unsaturated/α-hetero) is 1. The fourth-order valence-electron chi connectivity index (χ4n) is 3.73. The lowest BCUT2D eigenvalue weighted by atomic mass is 9.94. The highest BCUT2D eigenvalue weighted by Gasteiger charge is 2.71. The molecule has 6 nitrogen and oxygen atoms in total. The van der Waals surface area contributed by atoms with E-state index < -0.39 is 32.9 Å². The molecule has 0 amide bonds. The van der Waals surface area contributed by atoms with Crippen molar-refractivity contribution < 1.29 is 36.1 Å². The zero-order valence-electron chi connectivity index (χ0n) is 9.51. The molecule has 9 heteroatoms. The van der Waals surface area contributed by atoms with Gasteiger partial charge < -0.3 is 4.74 Å². The maximum atomic E-state index is 13.1. The van der Waals surface area contributed by atoms with Gasteiger partial charge in [-0.25, -0.2) is 4.79 Å². The second kappa shape index (κ2) is 3.32. The van der Waals surface area contributed by atoms with E-state index in [1.807, 2.05) is 0 Å². The summed E-state index contributed by atoms with van der Waals surface area (Å²) in [6.07, 6.45) is 0.976. The van der Waals surface area contributed by atoms with Gasteiger partial charge >= 0.3 is 21.3 Å². The van der Waals surface area contributed by atoms with Gasteiger partial charge in [-0.2, -0.15) is 17.2 Å². The number of carbonyl (C=O) groups is 2. The predicted octanol–water partition coefficient (Wildman–Crippen LogP) is 0.378. The first kappa shape index (κ1) is 12.9. The summed E-state index contributed by atoms with van der Waals surface area (Å²) in [5.74, 6) is -3.25. The van der Waals surface area contributed by atoms with E-state index in [1.165, 1.54) is 0 Å². The third-order valence-corrected chi connectivity index (χ3v) is 5.30. The predicted molar refractivity (Wildman–Crippen MR) is 54.6 cm³/mol. The Kier molecular flexibility index (Phi) is 2.26. The summed E-state index contributed by atoms with van der Waals surface area (Å²) in [4.78, 5) is 23.0. The third kappa shape index (κ3) is 1.45. The Labute approximate surface area is 106 Å². The van der Waals surface area contributed by atoms with Crippen LogP contribution in [0.4, 0.5) is 8.78 Å². The smallest absolute Gasteiger partial charge is 0.453 e. The number of rotatable bonds is 3. The van der Waals surface area contributed by atoms with Crippen LogP contribution in [0.5, 0.6) is 0 Å². The fraction of sp³-hybridized carbons (Fsp3) is 0.800. The van der Waals surface area contributed by atoms with E-state index in [0.29, 0.717) is 12.8 Å². The van der Waals surface area contributed by atoms with Crippen LogP contribution in [-0.2, 0) is 24.4 Å². The molecular formula is C10H10F2O6S. The molecule has 1 N–H and O–H groups in total. The second-order valence-electron chi connectivity index (χ2n) is 5.41. The van der Waals surface area contributed by atoms with Crippen molar-refractivity contribution in [3.8, 4) is 0 Å². The van der Waals surface area contributed by atoms with Gasteiger partial charge in [-0.15, -0.1) is 0 Å². The highest BCUT2D eigenvalue weighted by molar-refractivity contribution is 7.87. The van der Waals surface area contributed by atoms with E-state index in [-0.39, 0.29) is 24.0 Å². The molecule has 0 spiro atoms. The summed E-state index contributed by atoms with van der Waals surface area (Å²) in [7, 11) is -5.87. The van der Waals surface area contributed by atoms with Crippen LogP contribution in [0.3, 0.4) is 0 Å². The molecule has 4 rings (SSSR count). The normalized spacial score (nSPS) is 40.2. The molecule has 0 saturated heterocycles. The summed E-state index contributed by atoms with van der Waals surface area (Å²) in [6.45, 7) is 0. The molecule has 4 unspecified atom stereocenters. The van der Waals surface area contributed by atoms with E-state index in [1.54, 1.807) is 0 Å². The van der Waals surface area contributed by atoms with Crippen molar-refractivity contribution in [1.82, 2.24) is 0 Å². The highest BCUT2D eigenvalue weighted by atomic mass is 32.2. The standard InChI is InChI=1S/C10H10F2O6S/c11-10(12,19(15,16)17)8(14)18-9-2-4-1-6(9)7(13)5(4)3-9/h4-6H,1-3H2,(H,15,16,17). The van der Waals surface area contributed by atoms with Crippen LogP contribution in [0.25, 0.3) is 0 Å². The third-order valence-electron chi connectivity index (χ3n) is 4.48. The number of alkyl halides is 2. The average Bonchev–Trinajstić information content (AvgIpc) is 2.92. The number of esters is 1. The Morgan fingerprint density at radius 1 is 1.42 bits per heavy atom. The van der Waals surface area contributed by atoms with Crippen molar-refractivity contribution in [3.63, 3.8) is 0 Å². The molecule has 0 aromatic carbocycles. The Balaban J connectivity index is 1.85. The van der Waals surface area contributed by atoms with Gasteiger partial charge in [0.1, 0.15) is 11.4 Å². The number of halogens is 2. The van der Waals surface area contributed by atoms with Crippen LogP contribution in [0.2, 0.25) is 0 Å². The maximum absolute atomic E-state index is 13.1. The van der Waals surface area contributed by atoms with Crippen LogP contribution < -0.4 is 0 Å². The summed E-state index contributed by atoms with van der Waals surface area (Å²) >= 11 is 0. The monoisotopic (exact) mass is 296 g/mol. The molecule has 4 bridgehead atoms. The number of hydrogen-bond donors (Lipinski definition) is 1. The van der Waals surface area contributed by atoms with E-state index in [9.17, 15) is 26.8 Å². The maximum Gasteiger partial charge on any atom is 0.465 e. The van der Waals surface area contributed by atoms with Crippen LogP contribution in [0.15, 0.2) is 0 Å². The van der Waals surface area contributed by atoms with Crippen LogP contribution in [0.1, 0.15) is 19.3 Å². The molecular weight excluding hydrogens is 286 g/mol. The molecule has 0 radical (unpaired) electrons. The van der Waals surface area contributed by atoms with Gasteiger partial charge in [0, 0.05) is 5.92 Å². The van der Waals surface area contributed by atoms with Crippen molar-refractivity contribution in [2.24, 2.45) is 17.8 Å². The number of carbonyl (C=O) groups excluding carboxylic acids is 2. The molecule has 0 aliphatic heterocycles. The Morgan fingerprint density at radius 3 is 2.42 bits per heavy atom. The number of ether oxygens (including phenoxy) is 1. The first-order valence-corrected chi connectivity index (χ1v) is 7.14. The lowest BCUT2D eigenvalue weighted by Gasteiger charge is -2.29. The highest BCUT2D eigenvalue weighted by Crippen LogP contribution is 2.64. The van der Waals surface area contributed by atoms with Crippen LogP contribution in [0, 0.1) is 17.8 Å². The first-order chi connectivity index (χ1) is 8.58. The SMILES string of the molecule is O=C1C2CC3(OC(=O)C(F)(F)S(=O)(=O)O)CC2CC13. The molecule has 0 aromatic rings. The minimum absolute atomic E-state index is 0.0321. The number of ketones is 1. The van der Waals surface area contributed by atoms with E-state index >= 15 is 0 Å². The summed E-state index contributed by atoms with van der Waals surface area (Å²) in [5, 5.41) is -5.00. The average molecular weight is 296 g/mol. The Hall–Kier alpha value is -1.09. The Bertz CT molecular complexity index is 585. The minimum Gasteiger partial charge on any atom is -0.453 e. The fourth-order valence-corrected chi connectivity index (χ4v) is 3.98. The molecule has 4 saturated carbocycles. The molecule has 19 heavy (non-hydrogen) atoms. The Morgan fingerprint density at radius 2 is 2.05 bits per heavy atom. The zero-order valence-corrected chi connectivity index (χ0v) is 10.3. The molecule has 0 heterocycles. The summed E-state index contributed by atoms with van der Waals surface area (Å²) < 4.78 is 60.2. The van der Waals surface area contributed by atoms with Gasteiger partial charge in [0.2, 0.25) is 0 Å². The lowest BCUT2D eigenvalue weighted by molar-refractivity contribution is -0.179. The van der Waals surface area contributed by atoms with Crippen molar-refractivity contribution in [3.05, 3.63) is 0 Å². The second-order valence-corrected chi connectivity index (χ2v) is 6.87. The zero-order chi connectivity index (χ0) is 14.2. The van der Waals surface area contributed by atoms with Crippen molar-refractivity contribution in [1.29, 1.82) is 0 Å². The molecule has 4 atom stereocenters. The van der Waals surface area contributed by atoms with Gasteiger partial charge in [0.25, 0.3) is 0 Å². The van der Waals surface area contributed by atoms with E-state index in [2.05, 4.69) is 4.74 Å². The van der Waals surface area contributed by atoms with Crippen LogP contribution >= 0.6 is 0 Å². The summed E-state index contributed by atoms with van der Waals surface area (Å²) in [6, 6.07) is 0. The first-order valence-electron chi connectivity index (χ1n) is 5.70. The molecule has 0 aromatic heterocycles. The molecule has 106 valence electrons. The van der Waals surface area contributed by atoms with Gasteiger partial charge in [0.15, 0.2) is 0 Å². The summed E-state index contributed by atoms with van der Waals surface area (Å²) in [5.41, 5.74) is -1.29. The van der Waals surface area contributed by atoms with Crippen molar-refractivity contribution in [2.45, 2.75) is 30.1 Å². The van der Waals surface area contributed by atoms with E-state index in [0.717, 1.165) is 0 Å². The van der Waals surface area contributed by atoms with Crippen molar-refractivity contribution >= 4 is 21.9 Å². The molecule has 4 aliphatic rings. The van der Waals surface area contributed by atoms with Gasteiger partial charge in [0.05, 0.1) is 5.92 Å². The topological polar surface area (TPSA) is 97.7 Å².